The number of benzene rings is 2. The molecule has 0 aliphatic rings. The number of nitriles is 2. The highest BCUT2D eigenvalue weighted by molar-refractivity contribution is 8.26. The number of nitrogens with zero attached hydrogens (tertiary/aromatic N) is 6. The van der Waals surface area contributed by atoms with E-state index >= 15 is 0 Å². The Morgan fingerprint density at radius 2 is 1.21 bits per heavy atom. The molecule has 2 aromatic heterocycles. The van der Waals surface area contributed by atoms with E-state index in [0.29, 0.717) is 29.0 Å². The first-order valence-corrected chi connectivity index (χ1v) is 13.8. The van der Waals surface area contributed by atoms with Crippen LogP contribution in [0.4, 0.5) is 0 Å². The second-order valence-corrected chi connectivity index (χ2v) is 9.79. The summed E-state index contributed by atoms with van der Waals surface area (Å²) in [4.78, 5) is 0. The summed E-state index contributed by atoms with van der Waals surface area (Å²) >= 11 is 5.72. The Hall–Kier alpha value is -3.58. The molecule has 10 nitrogen and oxygen atoms in total. The van der Waals surface area contributed by atoms with Gasteiger partial charge in [0.15, 0.2) is 11.4 Å². The molecule has 0 radical (unpaired) electrons. The van der Waals surface area contributed by atoms with Gasteiger partial charge in [-0.3, -0.25) is 0 Å². The van der Waals surface area contributed by atoms with Crippen LogP contribution < -0.4 is 9.47 Å². The van der Waals surface area contributed by atoms with Crippen LogP contribution in [-0.2, 0) is 21.7 Å². The second-order valence-electron chi connectivity index (χ2n) is 7.00. The van der Waals surface area contributed by atoms with Crippen LogP contribution in [-0.4, -0.2) is 43.1 Å². The summed E-state index contributed by atoms with van der Waals surface area (Å²) in [6.07, 6.45) is 0. The molecule has 0 saturated heterocycles. The topological polar surface area (TPSA) is 139 Å². The van der Waals surface area contributed by atoms with Crippen molar-refractivity contribution in [1.82, 2.24) is 19.6 Å². The van der Waals surface area contributed by atoms with Gasteiger partial charge in [-0.05, 0) is 35.4 Å². The van der Waals surface area contributed by atoms with Gasteiger partial charge >= 0.3 is 0 Å². The highest BCUT2D eigenvalue weighted by atomic mass is 36.0. The fraction of sp³-hybridized carbons (Fsp3) is 0.167. The average Bonchev–Trinajstić information content (AvgIpc) is 3.57. The number of methoxy groups -OCH3 is 2. The van der Waals surface area contributed by atoms with Crippen molar-refractivity contribution in [3.63, 3.8) is 0 Å². The largest absolute Gasteiger partial charge is 0.481 e. The number of ether oxygens (including phenoxy) is 2. The van der Waals surface area contributed by atoms with Crippen LogP contribution in [0.2, 0.25) is 0 Å². The molecular formula is C24H21Cl3N6O4S. The third-order valence-corrected chi connectivity index (χ3v) is 5.01. The maximum Gasteiger partial charge on any atom is 0.217 e. The highest BCUT2D eigenvalue weighted by Crippen LogP contribution is 2.20. The molecule has 0 aliphatic carbocycles. The molecule has 0 saturated carbocycles. The van der Waals surface area contributed by atoms with E-state index < -0.39 is 9.23 Å². The van der Waals surface area contributed by atoms with Gasteiger partial charge in [-0.15, -0.1) is 11.6 Å². The third-order valence-electron chi connectivity index (χ3n) is 4.70. The van der Waals surface area contributed by atoms with Gasteiger partial charge in [0.05, 0.1) is 32.2 Å². The molecule has 2 heterocycles. The van der Waals surface area contributed by atoms with Crippen molar-refractivity contribution in [3.05, 3.63) is 83.2 Å². The molecule has 0 spiro atoms. The van der Waals surface area contributed by atoms with Gasteiger partial charge in [0.25, 0.3) is 0 Å². The molecule has 0 bridgehead atoms. The number of hydrogen-bond donors (Lipinski definition) is 1. The van der Waals surface area contributed by atoms with Gasteiger partial charge < -0.3 is 14.6 Å². The van der Waals surface area contributed by atoms with Crippen LogP contribution in [0, 0.1) is 22.7 Å². The van der Waals surface area contributed by atoms with E-state index in [1.165, 1.54) is 7.11 Å². The second kappa shape index (κ2) is 15.6. The van der Waals surface area contributed by atoms with E-state index in [4.69, 9.17) is 40.9 Å². The smallest absolute Gasteiger partial charge is 0.217 e. The van der Waals surface area contributed by atoms with E-state index in [-0.39, 0.29) is 6.61 Å². The van der Waals surface area contributed by atoms with Crippen molar-refractivity contribution in [2.24, 2.45) is 0 Å². The number of halogens is 3. The van der Waals surface area contributed by atoms with E-state index in [0.717, 1.165) is 22.5 Å². The van der Waals surface area contributed by atoms with Gasteiger partial charge in [0.1, 0.15) is 12.1 Å². The van der Waals surface area contributed by atoms with Crippen LogP contribution in [0.1, 0.15) is 22.5 Å². The van der Waals surface area contributed by atoms with Crippen molar-refractivity contribution in [2.45, 2.75) is 12.5 Å². The molecule has 4 rings (SSSR count). The molecule has 0 unspecified atom stereocenters. The molecule has 0 aliphatic heterocycles. The zero-order valence-corrected chi connectivity index (χ0v) is 23.2. The van der Waals surface area contributed by atoms with Crippen molar-refractivity contribution in [3.8, 4) is 35.3 Å². The van der Waals surface area contributed by atoms with E-state index in [1.807, 2.05) is 48.5 Å². The summed E-state index contributed by atoms with van der Waals surface area (Å²) in [6, 6.07) is 21.9. The Morgan fingerprint density at radius 3 is 1.50 bits per heavy atom. The summed E-state index contributed by atoms with van der Waals surface area (Å²) in [6.45, 7) is -0.0000321. The maximum atomic E-state index is 9.09. The van der Waals surface area contributed by atoms with E-state index in [9.17, 15) is 0 Å². The molecule has 2 aromatic carbocycles. The summed E-state index contributed by atoms with van der Waals surface area (Å²) in [5, 5.41) is 34.8. The van der Waals surface area contributed by atoms with Gasteiger partial charge in [0.2, 0.25) is 21.0 Å². The van der Waals surface area contributed by atoms with E-state index in [2.05, 4.69) is 31.6 Å². The Morgan fingerprint density at radius 1 is 0.842 bits per heavy atom. The zero-order valence-electron chi connectivity index (χ0n) is 20.1. The van der Waals surface area contributed by atoms with Gasteiger partial charge in [-0.25, -0.2) is 4.21 Å². The molecule has 198 valence electrons. The fourth-order valence-corrected chi connectivity index (χ4v) is 3.14. The third kappa shape index (κ3) is 8.77. The monoisotopic (exact) mass is 594 g/mol. The van der Waals surface area contributed by atoms with Crippen LogP contribution in [0.15, 0.2) is 60.7 Å². The lowest BCUT2D eigenvalue weighted by atomic mass is 10.2. The van der Waals surface area contributed by atoms with Crippen molar-refractivity contribution in [1.29, 1.82) is 10.5 Å². The van der Waals surface area contributed by atoms with Gasteiger partial charge in [0, 0.05) is 39.4 Å². The van der Waals surface area contributed by atoms with Crippen molar-refractivity contribution >= 4 is 42.2 Å². The lowest BCUT2D eigenvalue weighted by Gasteiger charge is -2.06. The van der Waals surface area contributed by atoms with E-state index in [1.54, 1.807) is 40.7 Å². The normalized spacial score (nSPS) is 9.82. The Balaban J connectivity index is 0.000000234. The van der Waals surface area contributed by atoms with Crippen LogP contribution in [0.3, 0.4) is 0 Å². The number of alkyl halides is 1. The number of hydrogen-bond acceptors (Lipinski definition) is 8. The minimum Gasteiger partial charge on any atom is -0.481 e. The molecule has 1 N–H and O–H groups in total. The number of aromatic nitrogens is 4. The first-order chi connectivity index (χ1) is 18.3. The summed E-state index contributed by atoms with van der Waals surface area (Å²) in [7, 11) is 10.4. The molecule has 0 atom stereocenters. The minimum atomic E-state index is -1.67. The van der Waals surface area contributed by atoms with Crippen molar-refractivity contribution in [2.75, 3.05) is 14.2 Å². The minimum absolute atomic E-state index is 0.0000321. The quantitative estimate of drug-likeness (QED) is 0.248. The summed E-state index contributed by atoms with van der Waals surface area (Å²) < 4.78 is 22.5. The van der Waals surface area contributed by atoms with Gasteiger partial charge in [-0.2, -0.15) is 30.1 Å². The molecule has 4 aromatic rings. The first kappa shape index (κ1) is 30.6. The molecule has 0 fully saturated rings. The Kier molecular flexibility index (Phi) is 12.6. The lowest BCUT2D eigenvalue weighted by molar-refractivity contribution is 0.282. The molecule has 0 amide bonds. The van der Waals surface area contributed by atoms with Gasteiger partial charge in [-0.1, -0.05) is 24.3 Å². The molecule has 38 heavy (non-hydrogen) atoms. The van der Waals surface area contributed by atoms with Crippen molar-refractivity contribution < 1.29 is 18.8 Å². The first-order valence-electron chi connectivity index (χ1n) is 10.5. The number of aliphatic hydroxyl groups is 1. The lowest BCUT2D eigenvalue weighted by Crippen LogP contribution is -2.00. The zero-order chi connectivity index (χ0) is 28.1. The predicted molar refractivity (Wildman–Crippen MR) is 145 cm³/mol. The fourth-order valence-electron chi connectivity index (χ4n) is 2.97. The molecular weight excluding hydrogens is 575 g/mol. The number of aliphatic hydroxyl groups excluding tert-OH is 1. The molecule has 14 heteroatoms. The highest BCUT2D eigenvalue weighted by Gasteiger charge is 2.10. The predicted octanol–water partition coefficient (Wildman–Crippen LogP) is 4.78. The maximum absolute atomic E-state index is 9.09. The average molecular weight is 596 g/mol. The Labute approximate surface area is 235 Å². The summed E-state index contributed by atoms with van der Waals surface area (Å²) in [5.41, 5.74) is 4.08. The van der Waals surface area contributed by atoms with Crippen LogP contribution in [0.25, 0.3) is 11.4 Å². The standard InChI is InChI=1S/C12H10ClN3O.C12H11N3O2.Cl2OS/c1-17-12-6-10(8-14)15-16(12)11-4-2-9(7-13)3-5-11;1-17-12-6-10(7-13)14-15(12)11-4-2-9(8-16)3-5-11;1-4(2)3/h2-6H,7H2,1H3;2-6,16H,8H2,1H3;. The van der Waals surface area contributed by atoms with Crippen LogP contribution >= 0.6 is 33.0 Å². The van der Waals surface area contributed by atoms with Crippen LogP contribution in [0.5, 0.6) is 11.8 Å². The SMILES string of the molecule is COc1cc(C#N)nn1-c1ccc(CCl)cc1.COc1cc(C#N)nn1-c1ccc(CO)cc1.O=S(Cl)Cl. The number of rotatable bonds is 6. The summed E-state index contributed by atoms with van der Waals surface area (Å²) in [5.74, 6) is 1.50. The Bertz CT molecular complexity index is 1320.